The molecule has 0 spiro atoms. The second-order valence-corrected chi connectivity index (χ2v) is 7.65. The van der Waals surface area contributed by atoms with E-state index >= 15 is 0 Å². The summed E-state index contributed by atoms with van der Waals surface area (Å²) in [5.41, 5.74) is 4.96. The van der Waals surface area contributed by atoms with E-state index in [0.717, 1.165) is 34.6 Å². The van der Waals surface area contributed by atoms with Gasteiger partial charge in [-0.25, -0.2) is 9.78 Å². The van der Waals surface area contributed by atoms with Crippen molar-refractivity contribution in [1.82, 2.24) is 15.0 Å². The summed E-state index contributed by atoms with van der Waals surface area (Å²) < 4.78 is 15.9. The summed E-state index contributed by atoms with van der Waals surface area (Å²) >= 11 is 0. The number of benzene rings is 1. The van der Waals surface area contributed by atoms with Gasteiger partial charge in [-0.3, -0.25) is 4.98 Å². The van der Waals surface area contributed by atoms with E-state index in [1.807, 2.05) is 12.3 Å². The van der Waals surface area contributed by atoms with Crippen molar-refractivity contribution in [2.45, 2.75) is 39.4 Å². The third-order valence-electron chi connectivity index (χ3n) is 4.99. The number of aromatic amines is 1. The van der Waals surface area contributed by atoms with Crippen molar-refractivity contribution >= 4 is 28.0 Å². The highest BCUT2D eigenvalue weighted by molar-refractivity contribution is 6.09. The molecule has 0 aliphatic carbocycles. The van der Waals surface area contributed by atoms with Crippen LogP contribution in [0, 0.1) is 0 Å². The number of aryl methyl sites for hydroxylation is 2. The van der Waals surface area contributed by atoms with Gasteiger partial charge in [-0.05, 0) is 56.0 Å². The van der Waals surface area contributed by atoms with Crippen molar-refractivity contribution in [1.29, 1.82) is 0 Å². The Kier molecular flexibility index (Phi) is 6.13. The monoisotopic (exact) mass is 419 g/mol. The van der Waals surface area contributed by atoms with Crippen LogP contribution in [0.15, 0.2) is 48.9 Å². The number of H-pyrrole nitrogens is 1. The van der Waals surface area contributed by atoms with Crippen LogP contribution in [0.5, 0.6) is 5.88 Å². The minimum absolute atomic E-state index is 0.196. The van der Waals surface area contributed by atoms with E-state index in [9.17, 15) is 4.79 Å². The number of rotatable bonds is 7. The maximum atomic E-state index is 12.1. The lowest BCUT2D eigenvalue weighted by Gasteiger charge is -2.12. The van der Waals surface area contributed by atoms with Gasteiger partial charge >= 0.3 is 6.16 Å². The van der Waals surface area contributed by atoms with Crippen LogP contribution in [0.1, 0.15) is 30.5 Å². The topological polar surface area (TPSA) is 86.3 Å². The maximum Gasteiger partial charge on any atom is 0.515 e. The van der Waals surface area contributed by atoms with Gasteiger partial charge in [0.25, 0.3) is 0 Å². The number of nitrogens with zero attached hydrogens (tertiary/aromatic N) is 2. The van der Waals surface area contributed by atoms with Crippen LogP contribution in [0.2, 0.25) is 0 Å². The van der Waals surface area contributed by atoms with Gasteiger partial charge in [0.2, 0.25) is 5.88 Å². The van der Waals surface area contributed by atoms with E-state index < -0.39 is 6.16 Å². The van der Waals surface area contributed by atoms with E-state index in [0.29, 0.717) is 5.56 Å². The minimum Gasteiger partial charge on any atom is -0.431 e. The largest absolute Gasteiger partial charge is 0.515 e. The molecule has 0 saturated carbocycles. The van der Waals surface area contributed by atoms with Gasteiger partial charge in [-0.1, -0.05) is 12.1 Å². The van der Waals surface area contributed by atoms with Crippen molar-refractivity contribution < 1.29 is 19.0 Å². The molecule has 7 heteroatoms. The first kappa shape index (κ1) is 20.8. The molecule has 3 heterocycles. The lowest BCUT2D eigenvalue weighted by Crippen LogP contribution is -2.17. The molecular formula is C24H25N3O4. The van der Waals surface area contributed by atoms with Crippen LogP contribution in [0.3, 0.4) is 0 Å². The predicted octanol–water partition coefficient (Wildman–Crippen LogP) is 4.97. The lowest BCUT2D eigenvalue weighted by molar-refractivity contribution is 0.0705. The number of nitrogens with one attached hydrogen (secondary N) is 1. The van der Waals surface area contributed by atoms with Gasteiger partial charge in [0, 0.05) is 35.8 Å². The Morgan fingerprint density at radius 1 is 1.10 bits per heavy atom. The summed E-state index contributed by atoms with van der Waals surface area (Å²) in [6, 6.07) is 10.4. The van der Waals surface area contributed by atoms with Gasteiger partial charge < -0.3 is 19.2 Å². The van der Waals surface area contributed by atoms with E-state index in [1.54, 1.807) is 33.4 Å². The van der Waals surface area contributed by atoms with Crippen LogP contribution in [0.4, 0.5) is 4.79 Å². The molecule has 4 rings (SSSR count). The Balaban J connectivity index is 1.72. The first-order chi connectivity index (χ1) is 15.0. The van der Waals surface area contributed by atoms with Crippen molar-refractivity contribution in [3.05, 3.63) is 65.6 Å². The van der Waals surface area contributed by atoms with Crippen molar-refractivity contribution in [3.8, 4) is 5.88 Å². The molecule has 0 saturated heterocycles. The molecule has 31 heavy (non-hydrogen) atoms. The van der Waals surface area contributed by atoms with E-state index in [4.69, 9.17) is 14.2 Å². The van der Waals surface area contributed by atoms with E-state index in [2.05, 4.69) is 39.2 Å². The predicted molar refractivity (Wildman–Crippen MR) is 118 cm³/mol. The smallest absolute Gasteiger partial charge is 0.431 e. The van der Waals surface area contributed by atoms with Gasteiger partial charge in [0.1, 0.15) is 0 Å². The highest BCUT2D eigenvalue weighted by Gasteiger charge is 2.19. The van der Waals surface area contributed by atoms with Crippen LogP contribution in [-0.4, -0.2) is 34.3 Å². The number of hydrogen-bond acceptors (Lipinski definition) is 6. The quantitative estimate of drug-likeness (QED) is 0.426. The van der Waals surface area contributed by atoms with Crippen LogP contribution >= 0.6 is 0 Å². The molecule has 0 aliphatic heterocycles. The van der Waals surface area contributed by atoms with Crippen molar-refractivity contribution in [2.24, 2.45) is 0 Å². The van der Waals surface area contributed by atoms with E-state index in [1.165, 1.54) is 11.1 Å². The van der Waals surface area contributed by atoms with E-state index in [-0.39, 0.29) is 18.6 Å². The maximum absolute atomic E-state index is 12.1. The second-order valence-electron chi connectivity index (χ2n) is 7.65. The summed E-state index contributed by atoms with van der Waals surface area (Å²) in [5, 5.41) is 1.97. The molecule has 7 nitrogen and oxygen atoms in total. The Labute approximate surface area is 180 Å². The number of aromatic nitrogens is 3. The SMILES string of the molecule is COCc1c(OC(=O)OC(C)C)ncc2[nH]c3ccc(CCc4cccnc4)cc3c12. The third-order valence-corrected chi connectivity index (χ3v) is 4.99. The highest BCUT2D eigenvalue weighted by atomic mass is 16.7. The molecule has 1 aromatic carbocycles. The molecule has 0 fully saturated rings. The Morgan fingerprint density at radius 3 is 2.68 bits per heavy atom. The fourth-order valence-electron chi connectivity index (χ4n) is 3.64. The molecule has 0 radical (unpaired) electrons. The van der Waals surface area contributed by atoms with Crippen molar-refractivity contribution in [2.75, 3.05) is 7.11 Å². The number of pyridine rings is 2. The number of carbonyl (C=O) groups excluding carboxylic acids is 1. The molecule has 0 bridgehead atoms. The molecule has 0 amide bonds. The highest BCUT2D eigenvalue weighted by Crippen LogP contribution is 2.34. The summed E-state index contributed by atoms with van der Waals surface area (Å²) in [6.07, 6.45) is 6.08. The standard InChI is InChI=1S/C24H25N3O4/c1-15(2)30-24(28)31-23-19(14-29-3)22-18-11-16(6-7-17-5-4-10-25-12-17)8-9-20(18)27-21(22)13-26-23/h4-5,8-13,15,27H,6-7,14H2,1-3H3. The first-order valence-corrected chi connectivity index (χ1v) is 10.2. The Morgan fingerprint density at radius 2 is 1.94 bits per heavy atom. The fourth-order valence-corrected chi connectivity index (χ4v) is 3.64. The molecule has 4 aromatic rings. The average molecular weight is 419 g/mol. The molecule has 160 valence electrons. The molecule has 3 aromatic heterocycles. The van der Waals surface area contributed by atoms with Gasteiger partial charge in [-0.15, -0.1) is 0 Å². The molecule has 0 atom stereocenters. The summed E-state index contributed by atoms with van der Waals surface area (Å²) in [6.45, 7) is 3.78. The summed E-state index contributed by atoms with van der Waals surface area (Å²) in [7, 11) is 1.60. The van der Waals surface area contributed by atoms with Gasteiger partial charge in [0.15, 0.2) is 0 Å². The number of hydrogen-bond donors (Lipinski definition) is 1. The van der Waals surface area contributed by atoms with Crippen LogP contribution in [-0.2, 0) is 28.9 Å². The van der Waals surface area contributed by atoms with Crippen molar-refractivity contribution in [3.63, 3.8) is 0 Å². The Bertz CT molecular complexity index is 1200. The van der Waals surface area contributed by atoms with Gasteiger partial charge in [-0.2, -0.15) is 0 Å². The molecular weight excluding hydrogens is 394 g/mol. The second kappa shape index (κ2) is 9.14. The molecule has 0 aliphatic rings. The van der Waals surface area contributed by atoms with Crippen LogP contribution in [0.25, 0.3) is 21.8 Å². The average Bonchev–Trinajstić information content (AvgIpc) is 3.12. The minimum atomic E-state index is -0.781. The fraction of sp³-hybridized carbons (Fsp3) is 0.292. The normalized spacial score (nSPS) is 11.4. The number of ether oxygens (including phenoxy) is 3. The zero-order chi connectivity index (χ0) is 21.8. The number of fused-ring (bicyclic) bond motifs is 3. The molecule has 1 N–H and O–H groups in total. The third kappa shape index (κ3) is 4.67. The number of carbonyl (C=O) groups is 1. The summed E-state index contributed by atoms with van der Waals surface area (Å²) in [5.74, 6) is 0.196. The van der Waals surface area contributed by atoms with Gasteiger partial charge in [0.05, 0.1) is 30.0 Å². The summed E-state index contributed by atoms with van der Waals surface area (Å²) in [4.78, 5) is 24.0. The van der Waals surface area contributed by atoms with Crippen LogP contribution < -0.4 is 4.74 Å². The zero-order valence-corrected chi connectivity index (χ0v) is 17.8. The Hall–Kier alpha value is -3.45. The number of methoxy groups -OCH3 is 1. The lowest BCUT2D eigenvalue weighted by atomic mass is 10.0. The zero-order valence-electron chi connectivity index (χ0n) is 17.8. The first-order valence-electron chi connectivity index (χ1n) is 10.2. The molecule has 0 unspecified atom stereocenters.